The zero-order valence-electron chi connectivity index (χ0n) is 12.0. The predicted molar refractivity (Wildman–Crippen MR) is 75.0 cm³/mol. The molecule has 3 rings (SSSR count). The van der Waals surface area contributed by atoms with Gasteiger partial charge in [0.15, 0.2) is 0 Å². The number of ether oxygens (including phenoxy) is 2. The average molecular weight is 279 g/mol. The predicted octanol–water partition coefficient (Wildman–Crippen LogP) is 2.60. The van der Waals surface area contributed by atoms with Crippen LogP contribution in [-0.2, 0) is 16.0 Å². The minimum Gasteiger partial charge on any atom is -0.378 e. The van der Waals surface area contributed by atoms with E-state index >= 15 is 0 Å². The molecule has 1 aromatic rings. The fourth-order valence-corrected chi connectivity index (χ4v) is 3.33. The first-order chi connectivity index (χ1) is 9.71. The Labute approximate surface area is 119 Å². The zero-order valence-corrected chi connectivity index (χ0v) is 12.0. The van der Waals surface area contributed by atoms with E-state index in [1.54, 1.807) is 6.07 Å². The van der Waals surface area contributed by atoms with Gasteiger partial charge < -0.3 is 9.47 Å². The van der Waals surface area contributed by atoms with Crippen molar-refractivity contribution in [2.24, 2.45) is 0 Å². The van der Waals surface area contributed by atoms with Gasteiger partial charge in [0, 0.05) is 44.8 Å². The topological polar surface area (TPSA) is 21.7 Å². The van der Waals surface area contributed by atoms with E-state index in [0.29, 0.717) is 12.6 Å². The molecule has 2 heterocycles. The van der Waals surface area contributed by atoms with Crippen LogP contribution in [0.1, 0.15) is 25.3 Å². The van der Waals surface area contributed by atoms with Crippen LogP contribution in [0.4, 0.5) is 4.39 Å². The molecule has 0 saturated carbocycles. The standard InChI is InChI=1S/C16H22FNO2/c1-2-19-14-7-8-20-16(9-14)11-18(12-16)10-13-5-3-4-6-15(13)17/h3-6,14H,2,7-12H2,1H3/t14-/m1/s1. The van der Waals surface area contributed by atoms with Gasteiger partial charge in [-0.2, -0.15) is 0 Å². The molecule has 0 N–H and O–H groups in total. The quantitative estimate of drug-likeness (QED) is 0.845. The molecule has 1 spiro atoms. The van der Waals surface area contributed by atoms with Crippen LogP contribution in [0.5, 0.6) is 0 Å². The highest BCUT2D eigenvalue weighted by atomic mass is 19.1. The minimum atomic E-state index is -0.120. The number of halogens is 1. The van der Waals surface area contributed by atoms with Crippen LogP contribution in [0.15, 0.2) is 24.3 Å². The number of rotatable bonds is 4. The van der Waals surface area contributed by atoms with E-state index in [2.05, 4.69) is 4.90 Å². The van der Waals surface area contributed by atoms with Crippen LogP contribution in [0, 0.1) is 5.82 Å². The number of likely N-dealkylation sites (tertiary alicyclic amines) is 1. The first-order valence-electron chi connectivity index (χ1n) is 7.42. The van der Waals surface area contributed by atoms with Crippen LogP contribution < -0.4 is 0 Å². The molecule has 0 unspecified atom stereocenters. The summed E-state index contributed by atoms with van der Waals surface area (Å²) in [6.45, 7) is 6.00. The van der Waals surface area contributed by atoms with Crippen LogP contribution >= 0.6 is 0 Å². The highest BCUT2D eigenvalue weighted by molar-refractivity contribution is 5.18. The van der Waals surface area contributed by atoms with Gasteiger partial charge in [-0.1, -0.05) is 18.2 Å². The first-order valence-corrected chi connectivity index (χ1v) is 7.42. The third-order valence-corrected chi connectivity index (χ3v) is 4.23. The van der Waals surface area contributed by atoms with Crippen molar-refractivity contribution in [3.63, 3.8) is 0 Å². The van der Waals surface area contributed by atoms with Gasteiger partial charge in [0.2, 0.25) is 0 Å². The summed E-state index contributed by atoms with van der Waals surface area (Å²) in [7, 11) is 0. The smallest absolute Gasteiger partial charge is 0.127 e. The Morgan fingerprint density at radius 2 is 2.20 bits per heavy atom. The fourth-order valence-electron chi connectivity index (χ4n) is 3.33. The largest absolute Gasteiger partial charge is 0.378 e. The van der Waals surface area contributed by atoms with Crippen molar-refractivity contribution in [3.8, 4) is 0 Å². The SMILES string of the molecule is CCO[C@@H]1CCOC2(C1)CN(Cc1ccccc1F)C2. The second kappa shape index (κ2) is 5.80. The van der Waals surface area contributed by atoms with E-state index < -0.39 is 0 Å². The van der Waals surface area contributed by atoms with Gasteiger partial charge in [0.25, 0.3) is 0 Å². The van der Waals surface area contributed by atoms with E-state index in [-0.39, 0.29) is 11.4 Å². The Morgan fingerprint density at radius 3 is 2.95 bits per heavy atom. The van der Waals surface area contributed by atoms with Gasteiger partial charge in [-0.05, 0) is 19.4 Å². The molecule has 2 aliphatic rings. The van der Waals surface area contributed by atoms with E-state index in [0.717, 1.165) is 44.7 Å². The lowest BCUT2D eigenvalue weighted by atomic mass is 9.84. The van der Waals surface area contributed by atoms with Gasteiger partial charge in [-0.3, -0.25) is 4.90 Å². The molecule has 2 saturated heterocycles. The number of benzene rings is 1. The van der Waals surface area contributed by atoms with E-state index in [1.165, 1.54) is 6.07 Å². The van der Waals surface area contributed by atoms with Gasteiger partial charge in [0.05, 0.1) is 11.7 Å². The van der Waals surface area contributed by atoms with Gasteiger partial charge in [-0.15, -0.1) is 0 Å². The number of nitrogens with zero attached hydrogens (tertiary/aromatic N) is 1. The third-order valence-electron chi connectivity index (χ3n) is 4.23. The van der Waals surface area contributed by atoms with E-state index in [1.807, 2.05) is 19.1 Å². The Balaban J connectivity index is 1.54. The molecule has 2 fully saturated rings. The Morgan fingerprint density at radius 1 is 1.40 bits per heavy atom. The molecule has 20 heavy (non-hydrogen) atoms. The molecule has 4 heteroatoms. The molecule has 2 aliphatic heterocycles. The van der Waals surface area contributed by atoms with Crippen molar-refractivity contribution in [2.45, 2.75) is 38.0 Å². The highest BCUT2D eigenvalue weighted by Crippen LogP contribution is 2.36. The molecule has 0 amide bonds. The van der Waals surface area contributed by atoms with Crippen molar-refractivity contribution < 1.29 is 13.9 Å². The van der Waals surface area contributed by atoms with Crippen molar-refractivity contribution in [1.29, 1.82) is 0 Å². The first kappa shape index (κ1) is 14.0. The van der Waals surface area contributed by atoms with Crippen LogP contribution in [0.2, 0.25) is 0 Å². The van der Waals surface area contributed by atoms with Crippen LogP contribution in [0.25, 0.3) is 0 Å². The summed E-state index contributed by atoms with van der Waals surface area (Å²) in [6, 6.07) is 6.99. The van der Waals surface area contributed by atoms with Crippen molar-refractivity contribution in [2.75, 3.05) is 26.3 Å². The maximum Gasteiger partial charge on any atom is 0.127 e. The maximum absolute atomic E-state index is 13.6. The van der Waals surface area contributed by atoms with E-state index in [9.17, 15) is 4.39 Å². The number of hydrogen-bond acceptors (Lipinski definition) is 3. The second-order valence-electron chi connectivity index (χ2n) is 5.84. The molecule has 0 radical (unpaired) electrons. The monoisotopic (exact) mass is 279 g/mol. The highest BCUT2D eigenvalue weighted by Gasteiger charge is 2.47. The van der Waals surface area contributed by atoms with Crippen molar-refractivity contribution >= 4 is 0 Å². The zero-order chi connectivity index (χ0) is 14.0. The summed E-state index contributed by atoms with van der Waals surface area (Å²) in [5.74, 6) is -0.120. The van der Waals surface area contributed by atoms with Crippen LogP contribution in [0.3, 0.4) is 0 Å². The molecule has 0 aromatic heterocycles. The fraction of sp³-hybridized carbons (Fsp3) is 0.625. The summed E-state index contributed by atoms with van der Waals surface area (Å²) >= 11 is 0. The lowest BCUT2D eigenvalue weighted by molar-refractivity contribution is -0.198. The summed E-state index contributed by atoms with van der Waals surface area (Å²) < 4.78 is 25.3. The normalized spacial score (nSPS) is 25.6. The Bertz CT molecular complexity index is 458. The molecule has 1 atom stereocenters. The summed E-state index contributed by atoms with van der Waals surface area (Å²) in [5, 5.41) is 0. The van der Waals surface area contributed by atoms with E-state index in [4.69, 9.17) is 9.47 Å². The van der Waals surface area contributed by atoms with Crippen molar-refractivity contribution in [3.05, 3.63) is 35.6 Å². The number of hydrogen-bond donors (Lipinski definition) is 0. The van der Waals surface area contributed by atoms with Gasteiger partial charge in [-0.25, -0.2) is 4.39 Å². The van der Waals surface area contributed by atoms with Crippen LogP contribution in [-0.4, -0.2) is 42.9 Å². The van der Waals surface area contributed by atoms with Gasteiger partial charge >= 0.3 is 0 Å². The van der Waals surface area contributed by atoms with Crippen molar-refractivity contribution in [1.82, 2.24) is 4.90 Å². The van der Waals surface area contributed by atoms with Gasteiger partial charge in [0.1, 0.15) is 5.82 Å². The average Bonchev–Trinajstić information content (AvgIpc) is 2.40. The summed E-state index contributed by atoms with van der Waals surface area (Å²) in [6.07, 6.45) is 2.28. The minimum absolute atomic E-state index is 0.0522. The second-order valence-corrected chi connectivity index (χ2v) is 5.84. The summed E-state index contributed by atoms with van der Waals surface area (Å²) in [4.78, 5) is 2.24. The molecule has 1 aromatic carbocycles. The molecule has 0 aliphatic carbocycles. The lowest BCUT2D eigenvalue weighted by Gasteiger charge is -2.53. The maximum atomic E-state index is 13.6. The Kier molecular flexibility index (Phi) is 4.06. The summed E-state index contributed by atoms with van der Waals surface area (Å²) in [5.41, 5.74) is 0.711. The molecule has 110 valence electrons. The Hall–Kier alpha value is -0.970. The molecular weight excluding hydrogens is 257 g/mol. The molecule has 0 bridgehead atoms. The molecular formula is C16H22FNO2. The molecule has 3 nitrogen and oxygen atoms in total. The lowest BCUT2D eigenvalue weighted by Crippen LogP contribution is -2.65. The third kappa shape index (κ3) is 2.87.